The molecule has 1 aromatic carbocycles. The first-order chi connectivity index (χ1) is 22.2. The van der Waals surface area contributed by atoms with Crippen LogP contribution in [0.4, 0.5) is 0 Å². The molecule has 0 radical (unpaired) electrons. The molecular weight excluding hydrogens is 592 g/mol. The highest BCUT2D eigenvalue weighted by Gasteiger charge is 2.30. The fraction of sp³-hybridized carbons (Fsp3) is 0.455. The number of amides is 6. The lowest BCUT2D eigenvalue weighted by Gasteiger charge is -2.29. The summed E-state index contributed by atoms with van der Waals surface area (Å²) in [6.45, 7) is -0.116. The molecule has 0 saturated heterocycles. The number of rotatable bonds is 3. The van der Waals surface area contributed by atoms with Crippen molar-refractivity contribution in [2.24, 2.45) is 11.7 Å². The zero-order valence-corrected chi connectivity index (χ0v) is 25.7. The van der Waals surface area contributed by atoms with Gasteiger partial charge in [-0.1, -0.05) is 30.3 Å². The number of allylic oxidation sites excluding steroid dienone is 1. The summed E-state index contributed by atoms with van der Waals surface area (Å²) >= 11 is 0. The van der Waals surface area contributed by atoms with Crippen LogP contribution in [0.15, 0.2) is 59.2 Å². The van der Waals surface area contributed by atoms with Crippen LogP contribution in [0.5, 0.6) is 0 Å². The summed E-state index contributed by atoms with van der Waals surface area (Å²) < 4.78 is 5.45. The Balaban J connectivity index is 1.49. The standard InChI is InChI=1S/C33H42N6O7/c34-31(43)27-20-35-28(40)10-2-1-3-11-29(41)37-24-14-12-21(13-15-24)32(44)39-26(18-25-9-6-16-46-25)33(45)36-19-23-8-5-4-7-22(23)17-30(42)38-27/h2,4-10,16,21,24,26-27H,1,3,11-15,17-20H2,(H2,34,43)(H,35,40)(H,36,45)(H,37,41)(H,38,42)(H,39,44)/b10-2-/t21-,24+,26-,27-/m0/s1. The molecule has 2 aliphatic heterocycles. The average molecular weight is 635 g/mol. The number of primary amides is 1. The monoisotopic (exact) mass is 634 g/mol. The summed E-state index contributed by atoms with van der Waals surface area (Å²) in [5.74, 6) is -2.25. The van der Waals surface area contributed by atoms with Crippen LogP contribution in [0.1, 0.15) is 61.8 Å². The summed E-state index contributed by atoms with van der Waals surface area (Å²) in [7, 11) is 0. The van der Waals surface area contributed by atoms with Gasteiger partial charge < -0.3 is 36.7 Å². The van der Waals surface area contributed by atoms with Gasteiger partial charge in [0.25, 0.3) is 0 Å². The number of carbonyl (C=O) groups excluding carboxylic acids is 6. The molecule has 2 aromatic rings. The quantitative estimate of drug-likeness (QED) is 0.285. The fourth-order valence-corrected chi connectivity index (χ4v) is 5.61. The SMILES string of the molecule is NC(=O)[C@@H]1CNC(=O)/C=C\CCCC(=O)N[C@H]2CC[C@H](CC2)C(=O)N[C@@H](Cc2ccco2)C(=O)NCc2ccccc2CC(=O)N1. The number of fused-ring (bicyclic) bond motifs is 19. The first kappa shape index (κ1) is 33.9. The topological polar surface area (TPSA) is 202 Å². The molecule has 13 nitrogen and oxygen atoms in total. The molecule has 2 bridgehead atoms. The van der Waals surface area contributed by atoms with E-state index in [1.807, 2.05) is 0 Å². The summed E-state index contributed by atoms with van der Waals surface area (Å²) in [4.78, 5) is 76.3. The van der Waals surface area contributed by atoms with E-state index in [4.69, 9.17) is 10.2 Å². The van der Waals surface area contributed by atoms with Crippen molar-refractivity contribution in [2.45, 2.75) is 82.5 Å². The second kappa shape index (κ2) is 16.9. The van der Waals surface area contributed by atoms with E-state index < -0.39 is 35.7 Å². The van der Waals surface area contributed by atoms with Gasteiger partial charge in [-0.05, 0) is 67.9 Å². The Morgan fingerprint density at radius 3 is 2.33 bits per heavy atom. The minimum atomic E-state index is -1.14. The Morgan fingerprint density at radius 1 is 0.848 bits per heavy atom. The average Bonchev–Trinajstić information content (AvgIpc) is 3.55. The third-order valence-electron chi connectivity index (χ3n) is 8.21. The second-order valence-electron chi connectivity index (χ2n) is 11.7. The van der Waals surface area contributed by atoms with E-state index in [1.54, 1.807) is 42.5 Å². The molecule has 46 heavy (non-hydrogen) atoms. The minimum Gasteiger partial charge on any atom is -0.469 e. The zero-order chi connectivity index (χ0) is 32.9. The van der Waals surface area contributed by atoms with Crippen LogP contribution >= 0.6 is 0 Å². The van der Waals surface area contributed by atoms with E-state index in [0.29, 0.717) is 55.4 Å². The van der Waals surface area contributed by atoms with Gasteiger partial charge >= 0.3 is 0 Å². The van der Waals surface area contributed by atoms with Crippen molar-refractivity contribution in [3.63, 3.8) is 0 Å². The molecule has 0 spiro atoms. The van der Waals surface area contributed by atoms with Crippen molar-refractivity contribution in [1.82, 2.24) is 26.6 Å². The first-order valence-electron chi connectivity index (χ1n) is 15.7. The lowest BCUT2D eigenvalue weighted by atomic mass is 9.85. The molecular formula is C33H42N6O7. The number of furan rings is 1. The Morgan fingerprint density at radius 2 is 1.61 bits per heavy atom. The lowest BCUT2D eigenvalue weighted by molar-refractivity contribution is -0.132. The third kappa shape index (κ3) is 10.6. The van der Waals surface area contributed by atoms with Crippen molar-refractivity contribution in [2.75, 3.05) is 6.54 Å². The van der Waals surface area contributed by atoms with Gasteiger partial charge in [0.2, 0.25) is 35.4 Å². The summed E-state index contributed by atoms with van der Waals surface area (Å²) in [6, 6.07) is 8.42. The van der Waals surface area contributed by atoms with E-state index in [-0.39, 0.29) is 56.1 Å². The van der Waals surface area contributed by atoms with Crippen LogP contribution in [0.25, 0.3) is 0 Å². The number of nitrogens with one attached hydrogen (secondary N) is 5. The van der Waals surface area contributed by atoms with E-state index in [2.05, 4.69) is 26.6 Å². The number of benzene rings is 1. The molecule has 3 heterocycles. The molecule has 1 fully saturated rings. The van der Waals surface area contributed by atoms with Gasteiger partial charge in [-0.3, -0.25) is 28.8 Å². The number of hydrogen-bond acceptors (Lipinski definition) is 7. The molecule has 5 rings (SSSR count). The predicted molar refractivity (Wildman–Crippen MR) is 167 cm³/mol. The molecule has 13 heteroatoms. The Hall–Kier alpha value is -4.94. The Labute approximate surface area is 267 Å². The van der Waals surface area contributed by atoms with Gasteiger partial charge in [0.05, 0.1) is 12.7 Å². The van der Waals surface area contributed by atoms with Crippen LogP contribution in [-0.4, -0.2) is 60.1 Å². The van der Waals surface area contributed by atoms with Gasteiger partial charge in [-0.25, -0.2) is 0 Å². The third-order valence-corrected chi connectivity index (χ3v) is 8.21. The minimum absolute atomic E-state index is 0.0302. The van der Waals surface area contributed by atoms with Gasteiger partial charge in [0.1, 0.15) is 17.8 Å². The van der Waals surface area contributed by atoms with Crippen molar-refractivity contribution >= 4 is 35.4 Å². The van der Waals surface area contributed by atoms with Crippen molar-refractivity contribution in [1.29, 1.82) is 0 Å². The molecule has 1 saturated carbocycles. The van der Waals surface area contributed by atoms with Crippen molar-refractivity contribution in [3.05, 3.63) is 71.7 Å². The van der Waals surface area contributed by atoms with Crippen molar-refractivity contribution < 1.29 is 33.2 Å². The van der Waals surface area contributed by atoms with Crippen LogP contribution < -0.4 is 32.3 Å². The Bertz CT molecular complexity index is 1420. The number of hydrogen-bond donors (Lipinski definition) is 6. The maximum Gasteiger partial charge on any atom is 0.243 e. The van der Waals surface area contributed by atoms with E-state index in [9.17, 15) is 28.8 Å². The van der Waals surface area contributed by atoms with Gasteiger partial charge in [0, 0.05) is 37.9 Å². The molecule has 2 atom stereocenters. The molecule has 1 aromatic heterocycles. The highest BCUT2D eigenvalue weighted by atomic mass is 16.3. The molecule has 246 valence electrons. The van der Waals surface area contributed by atoms with Gasteiger partial charge in [-0.2, -0.15) is 0 Å². The smallest absolute Gasteiger partial charge is 0.243 e. The van der Waals surface area contributed by atoms with Crippen LogP contribution in [0, 0.1) is 5.92 Å². The van der Waals surface area contributed by atoms with Crippen LogP contribution in [0.2, 0.25) is 0 Å². The fourth-order valence-electron chi connectivity index (χ4n) is 5.61. The van der Waals surface area contributed by atoms with E-state index >= 15 is 0 Å². The van der Waals surface area contributed by atoms with Crippen LogP contribution in [0.3, 0.4) is 0 Å². The maximum atomic E-state index is 13.4. The summed E-state index contributed by atoms with van der Waals surface area (Å²) in [5.41, 5.74) is 6.76. The molecule has 3 aliphatic rings. The molecule has 0 unspecified atom stereocenters. The normalized spacial score (nSPS) is 25.2. The molecule has 7 N–H and O–H groups in total. The summed E-state index contributed by atoms with van der Waals surface area (Å²) in [5, 5.41) is 13.9. The van der Waals surface area contributed by atoms with Gasteiger partial charge in [0.15, 0.2) is 0 Å². The van der Waals surface area contributed by atoms with Crippen LogP contribution in [-0.2, 0) is 48.2 Å². The Kier molecular flexibility index (Phi) is 12.5. The van der Waals surface area contributed by atoms with Gasteiger partial charge in [-0.15, -0.1) is 0 Å². The molecule has 6 amide bonds. The predicted octanol–water partition coefficient (Wildman–Crippen LogP) is 0.667. The zero-order valence-electron chi connectivity index (χ0n) is 25.7. The summed E-state index contributed by atoms with van der Waals surface area (Å²) in [6.07, 6.45) is 8.28. The number of carbonyl (C=O) groups is 6. The highest BCUT2D eigenvalue weighted by Crippen LogP contribution is 2.25. The molecule has 1 aliphatic carbocycles. The highest BCUT2D eigenvalue weighted by molar-refractivity contribution is 5.91. The number of nitrogens with two attached hydrogens (primary N) is 1. The lowest BCUT2D eigenvalue weighted by Crippen LogP contribution is -2.51. The first-order valence-corrected chi connectivity index (χ1v) is 15.7. The maximum absolute atomic E-state index is 13.4. The second-order valence-corrected chi connectivity index (χ2v) is 11.7. The largest absolute Gasteiger partial charge is 0.469 e. The van der Waals surface area contributed by atoms with Crippen molar-refractivity contribution in [3.8, 4) is 0 Å². The van der Waals surface area contributed by atoms with E-state index in [1.165, 1.54) is 12.3 Å². The van der Waals surface area contributed by atoms with E-state index in [0.717, 1.165) is 0 Å².